The lowest BCUT2D eigenvalue weighted by Gasteiger charge is -2.09. The lowest BCUT2D eigenvalue weighted by molar-refractivity contribution is 0.188. The van der Waals surface area contributed by atoms with E-state index in [4.69, 9.17) is 9.72 Å². The van der Waals surface area contributed by atoms with Crippen LogP contribution in [-0.2, 0) is 11.3 Å². The van der Waals surface area contributed by atoms with Crippen LogP contribution in [0.3, 0.4) is 0 Å². The predicted molar refractivity (Wildman–Crippen MR) is 98.1 cm³/mol. The summed E-state index contributed by atoms with van der Waals surface area (Å²) in [7, 11) is 1.74. The lowest BCUT2D eigenvalue weighted by Crippen LogP contribution is -2.06. The second-order valence-corrected chi connectivity index (χ2v) is 6.61. The van der Waals surface area contributed by atoms with Gasteiger partial charge in [-0.05, 0) is 30.4 Å². The van der Waals surface area contributed by atoms with Crippen molar-refractivity contribution in [1.29, 1.82) is 0 Å². The smallest absolute Gasteiger partial charge is 0.141 e. The summed E-state index contributed by atoms with van der Waals surface area (Å²) in [6.45, 7) is 3.69. The molecule has 0 atom stereocenters. The van der Waals surface area contributed by atoms with E-state index >= 15 is 0 Å². The molecule has 0 radical (unpaired) electrons. The molecule has 0 spiro atoms. The lowest BCUT2D eigenvalue weighted by atomic mass is 10.2. The molecule has 4 heteroatoms. The van der Waals surface area contributed by atoms with Crippen molar-refractivity contribution in [1.82, 2.24) is 9.55 Å². The summed E-state index contributed by atoms with van der Waals surface area (Å²) in [4.78, 5) is 6.16. The van der Waals surface area contributed by atoms with Crippen LogP contribution in [-0.4, -0.2) is 29.0 Å². The molecule has 0 aliphatic rings. The van der Waals surface area contributed by atoms with Gasteiger partial charge in [0.1, 0.15) is 5.82 Å². The zero-order valence-corrected chi connectivity index (χ0v) is 14.5. The summed E-state index contributed by atoms with van der Waals surface area (Å²) in [5, 5.41) is 0. The maximum Gasteiger partial charge on any atom is 0.141 e. The van der Waals surface area contributed by atoms with E-state index in [1.54, 1.807) is 7.11 Å². The van der Waals surface area contributed by atoms with Gasteiger partial charge in [0.05, 0.1) is 17.6 Å². The maximum absolute atomic E-state index is 5.30. The number of ether oxygens (including phenoxy) is 1. The van der Waals surface area contributed by atoms with Gasteiger partial charge in [0, 0.05) is 24.1 Å². The summed E-state index contributed by atoms with van der Waals surface area (Å²) >= 11 is 1.90. The Morgan fingerprint density at radius 2 is 1.96 bits per heavy atom. The Morgan fingerprint density at radius 3 is 2.70 bits per heavy atom. The minimum absolute atomic E-state index is 0.678. The van der Waals surface area contributed by atoms with Crippen LogP contribution in [0.1, 0.15) is 13.3 Å². The third kappa shape index (κ3) is 3.59. The Hall–Kier alpha value is -1.78. The van der Waals surface area contributed by atoms with Crippen LogP contribution in [0.4, 0.5) is 0 Å². The van der Waals surface area contributed by atoms with Crippen molar-refractivity contribution >= 4 is 22.8 Å². The first-order chi connectivity index (χ1) is 11.3. The van der Waals surface area contributed by atoms with Crippen LogP contribution < -0.4 is 0 Å². The van der Waals surface area contributed by atoms with E-state index in [0.717, 1.165) is 29.2 Å². The molecule has 3 rings (SSSR count). The molecule has 0 fully saturated rings. The van der Waals surface area contributed by atoms with Crippen LogP contribution in [0.15, 0.2) is 53.4 Å². The van der Waals surface area contributed by atoms with E-state index in [1.807, 2.05) is 17.8 Å². The van der Waals surface area contributed by atoms with Crippen LogP contribution in [0.2, 0.25) is 0 Å². The van der Waals surface area contributed by atoms with E-state index in [0.29, 0.717) is 6.61 Å². The van der Waals surface area contributed by atoms with Crippen molar-refractivity contribution in [3.63, 3.8) is 0 Å². The van der Waals surface area contributed by atoms with Gasteiger partial charge in [-0.3, -0.25) is 0 Å². The summed E-state index contributed by atoms with van der Waals surface area (Å²) in [6.07, 6.45) is 1.18. The molecule has 0 aliphatic heterocycles. The molecule has 0 saturated carbocycles. The van der Waals surface area contributed by atoms with Gasteiger partial charge in [-0.15, -0.1) is 11.8 Å². The molecular weight excluding hydrogens is 304 g/mol. The Labute approximate surface area is 141 Å². The quantitative estimate of drug-likeness (QED) is 0.581. The van der Waals surface area contributed by atoms with Gasteiger partial charge in [-0.1, -0.05) is 37.3 Å². The number of thioether (sulfide) groups is 1. The topological polar surface area (TPSA) is 27.1 Å². The first-order valence-electron chi connectivity index (χ1n) is 8.01. The molecule has 0 saturated heterocycles. The van der Waals surface area contributed by atoms with Crippen molar-refractivity contribution in [3.05, 3.63) is 48.5 Å². The molecule has 1 aromatic heterocycles. The van der Waals surface area contributed by atoms with Crippen LogP contribution in [0, 0.1) is 0 Å². The van der Waals surface area contributed by atoms with Gasteiger partial charge in [-0.25, -0.2) is 4.98 Å². The maximum atomic E-state index is 5.30. The fourth-order valence-corrected chi connectivity index (χ4v) is 3.43. The van der Waals surface area contributed by atoms with E-state index < -0.39 is 0 Å². The van der Waals surface area contributed by atoms with Crippen molar-refractivity contribution < 1.29 is 4.74 Å². The molecule has 3 aromatic rings. The predicted octanol–water partition coefficient (Wildman–Crippen LogP) is 4.85. The number of fused-ring (bicyclic) bond motifs is 1. The Kier molecular flexibility index (Phi) is 5.36. The third-order valence-electron chi connectivity index (χ3n) is 3.74. The number of imidazole rings is 1. The number of hydrogen-bond acceptors (Lipinski definition) is 3. The molecule has 0 amide bonds. The average molecular weight is 326 g/mol. The Bertz CT molecular complexity index is 768. The first kappa shape index (κ1) is 16.1. The van der Waals surface area contributed by atoms with Crippen LogP contribution in [0.25, 0.3) is 22.4 Å². The minimum Gasteiger partial charge on any atom is -0.383 e. The number of nitrogens with zero attached hydrogens (tertiary/aromatic N) is 2. The second kappa shape index (κ2) is 7.66. The fraction of sp³-hybridized carbons (Fsp3) is 0.316. The van der Waals surface area contributed by atoms with E-state index in [-0.39, 0.29) is 0 Å². The van der Waals surface area contributed by atoms with Crippen molar-refractivity contribution in [2.24, 2.45) is 0 Å². The molecular formula is C19H22N2OS. The van der Waals surface area contributed by atoms with E-state index in [9.17, 15) is 0 Å². The molecule has 3 nitrogen and oxygen atoms in total. The van der Waals surface area contributed by atoms with Crippen molar-refractivity contribution in [3.8, 4) is 11.4 Å². The fourth-order valence-electron chi connectivity index (χ4n) is 2.63. The number of benzene rings is 2. The number of hydrogen-bond donors (Lipinski definition) is 0. The van der Waals surface area contributed by atoms with E-state index in [1.165, 1.54) is 16.8 Å². The minimum atomic E-state index is 0.678. The SMILES string of the molecule is CCCSc1ccc2nc(-c3ccccc3)n(CCOC)c2c1. The number of methoxy groups -OCH3 is 1. The van der Waals surface area contributed by atoms with Crippen molar-refractivity contribution in [2.45, 2.75) is 24.8 Å². The number of aromatic nitrogens is 2. The molecule has 23 heavy (non-hydrogen) atoms. The molecule has 1 heterocycles. The Morgan fingerprint density at radius 1 is 1.13 bits per heavy atom. The van der Waals surface area contributed by atoms with Gasteiger partial charge < -0.3 is 9.30 Å². The third-order valence-corrected chi connectivity index (χ3v) is 4.94. The van der Waals surface area contributed by atoms with Crippen LogP contribution in [0.5, 0.6) is 0 Å². The van der Waals surface area contributed by atoms with Crippen molar-refractivity contribution in [2.75, 3.05) is 19.5 Å². The highest BCUT2D eigenvalue weighted by atomic mass is 32.2. The second-order valence-electron chi connectivity index (χ2n) is 5.44. The van der Waals surface area contributed by atoms with Gasteiger partial charge in [0.25, 0.3) is 0 Å². The molecule has 0 unspecified atom stereocenters. The molecule has 0 aliphatic carbocycles. The zero-order chi connectivity index (χ0) is 16.1. The highest BCUT2D eigenvalue weighted by molar-refractivity contribution is 7.99. The van der Waals surface area contributed by atoms with Gasteiger partial charge >= 0.3 is 0 Å². The highest BCUT2D eigenvalue weighted by Crippen LogP contribution is 2.28. The average Bonchev–Trinajstić information content (AvgIpc) is 2.96. The zero-order valence-electron chi connectivity index (χ0n) is 13.7. The summed E-state index contributed by atoms with van der Waals surface area (Å²) < 4.78 is 7.56. The van der Waals surface area contributed by atoms with Gasteiger partial charge in [0.2, 0.25) is 0 Å². The first-order valence-corrected chi connectivity index (χ1v) is 8.99. The highest BCUT2D eigenvalue weighted by Gasteiger charge is 2.13. The largest absolute Gasteiger partial charge is 0.383 e. The molecule has 2 aromatic carbocycles. The summed E-state index contributed by atoms with van der Waals surface area (Å²) in [5.74, 6) is 2.15. The number of rotatable bonds is 7. The molecule has 0 N–H and O–H groups in total. The molecule has 120 valence electrons. The summed E-state index contributed by atoms with van der Waals surface area (Å²) in [6, 6.07) is 16.9. The summed E-state index contributed by atoms with van der Waals surface area (Å²) in [5.41, 5.74) is 3.37. The van der Waals surface area contributed by atoms with Gasteiger partial charge in [0.15, 0.2) is 0 Å². The normalized spacial score (nSPS) is 11.2. The van der Waals surface area contributed by atoms with Crippen LogP contribution >= 0.6 is 11.8 Å². The molecule has 0 bridgehead atoms. The Balaban J connectivity index is 2.08. The standard InChI is InChI=1S/C19H22N2OS/c1-3-13-23-16-9-10-17-18(14-16)21(11-12-22-2)19(20-17)15-7-5-4-6-8-15/h4-10,14H,3,11-13H2,1-2H3. The van der Waals surface area contributed by atoms with E-state index in [2.05, 4.69) is 54.0 Å². The monoisotopic (exact) mass is 326 g/mol. The van der Waals surface area contributed by atoms with Gasteiger partial charge in [-0.2, -0.15) is 0 Å².